The minimum atomic E-state index is -0.699. The van der Waals surface area contributed by atoms with Gasteiger partial charge >= 0.3 is 17.9 Å². The summed E-state index contributed by atoms with van der Waals surface area (Å²) in [5, 5.41) is 15.9. The molecule has 3 saturated heterocycles. The number of hydrogen-bond donors (Lipinski definition) is 3. The Balaban J connectivity index is 0.000000213. The first kappa shape index (κ1) is 48.6. The minimum absolute atomic E-state index is 0. The number of hydrogen-bond acceptors (Lipinski definition) is 9. The zero-order chi connectivity index (χ0) is 42.7. The van der Waals surface area contributed by atoms with E-state index < -0.39 is 22.2 Å². The lowest BCUT2D eigenvalue weighted by atomic mass is 9.72. The Bertz CT molecular complexity index is 1880. The van der Waals surface area contributed by atoms with Crippen LogP contribution in [0.2, 0.25) is 0 Å². The molecule has 0 bridgehead atoms. The number of nitrogens with one attached hydrogen (secondary N) is 2. The van der Waals surface area contributed by atoms with Crippen LogP contribution in [0, 0.1) is 5.82 Å². The molecule has 4 aromatic carbocycles. The molecule has 0 aromatic heterocycles. The van der Waals surface area contributed by atoms with Gasteiger partial charge in [0.25, 0.3) is 0 Å². The Morgan fingerprint density at radius 1 is 0.607 bits per heavy atom. The molecule has 3 fully saturated rings. The van der Waals surface area contributed by atoms with Crippen LogP contribution < -0.4 is 15.4 Å². The fourth-order valence-corrected chi connectivity index (χ4v) is 8.53. The molecule has 0 spiro atoms. The molecule has 0 radical (unpaired) electrons. The molecule has 61 heavy (non-hydrogen) atoms. The lowest BCUT2D eigenvalue weighted by Crippen LogP contribution is -2.48. The molecular formula is C50H66FN3O7. The average Bonchev–Trinajstić information content (AvgIpc) is 3.30. The molecule has 4 aromatic rings. The summed E-state index contributed by atoms with van der Waals surface area (Å²) >= 11 is 0. The van der Waals surface area contributed by atoms with E-state index in [-0.39, 0.29) is 25.2 Å². The third-order valence-electron chi connectivity index (χ3n) is 12.0. The highest BCUT2D eigenvalue weighted by Crippen LogP contribution is 2.38. The molecule has 0 aliphatic carbocycles. The lowest BCUT2D eigenvalue weighted by Gasteiger charge is -2.40. The summed E-state index contributed by atoms with van der Waals surface area (Å²) in [5.74, 6) is -0.460. The Labute approximate surface area is 362 Å². The molecule has 3 heterocycles. The van der Waals surface area contributed by atoms with Gasteiger partial charge in [0.05, 0.1) is 36.1 Å². The smallest absolute Gasteiger partial charge is 0.316 e. The van der Waals surface area contributed by atoms with Gasteiger partial charge in [-0.2, -0.15) is 0 Å². The maximum absolute atomic E-state index is 12.9. The van der Waals surface area contributed by atoms with Gasteiger partial charge in [-0.25, -0.2) is 4.39 Å². The first-order valence-corrected chi connectivity index (χ1v) is 21.5. The van der Waals surface area contributed by atoms with Crippen molar-refractivity contribution < 1.29 is 38.1 Å². The predicted molar refractivity (Wildman–Crippen MR) is 238 cm³/mol. The maximum atomic E-state index is 12.9. The Hall–Kier alpha value is -5.10. The lowest BCUT2D eigenvalue weighted by molar-refractivity contribution is -0.152. The van der Waals surface area contributed by atoms with Crippen molar-refractivity contribution in [2.75, 3.05) is 65.6 Å². The van der Waals surface area contributed by atoms with E-state index in [1.807, 2.05) is 105 Å². The number of aliphatic carboxylic acids is 1. The number of carboxylic acids is 1. The van der Waals surface area contributed by atoms with E-state index in [1.165, 1.54) is 12.1 Å². The van der Waals surface area contributed by atoms with E-state index in [9.17, 15) is 23.9 Å². The van der Waals surface area contributed by atoms with Crippen LogP contribution in [0.25, 0.3) is 0 Å². The number of benzene rings is 4. The normalized spacial score (nSPS) is 17.6. The van der Waals surface area contributed by atoms with Crippen LogP contribution in [-0.4, -0.2) is 93.5 Å². The second-order valence-electron chi connectivity index (χ2n) is 15.6. The van der Waals surface area contributed by atoms with Crippen LogP contribution in [0.3, 0.4) is 0 Å². The monoisotopic (exact) mass is 839 g/mol. The van der Waals surface area contributed by atoms with Gasteiger partial charge in [0.2, 0.25) is 0 Å². The van der Waals surface area contributed by atoms with E-state index in [4.69, 9.17) is 14.2 Å². The molecule has 330 valence electrons. The molecule has 3 aliphatic heterocycles. The summed E-state index contributed by atoms with van der Waals surface area (Å²) in [6.45, 7) is 11.1. The largest absolute Gasteiger partial charge is 0.494 e. The second kappa shape index (κ2) is 24.4. The molecule has 3 N–H and O–H groups in total. The SMILES string of the molecule is C.CCOC(=O)C1(c2ccccc2)CCN(CCCOc2ccc(F)cc2)CC1.CCOC(=O)C1(c2ccccc2)CCNCC1.O=C(O)C1(c2ccccc2)CCNCC1. The van der Waals surface area contributed by atoms with Crippen molar-refractivity contribution in [3.05, 3.63) is 138 Å². The predicted octanol–water partition coefficient (Wildman–Crippen LogP) is 8.09. The van der Waals surface area contributed by atoms with E-state index in [1.54, 1.807) is 12.1 Å². The van der Waals surface area contributed by atoms with Gasteiger partial charge < -0.3 is 34.9 Å². The zero-order valence-corrected chi connectivity index (χ0v) is 35.2. The van der Waals surface area contributed by atoms with Gasteiger partial charge in [-0.3, -0.25) is 14.4 Å². The maximum Gasteiger partial charge on any atom is 0.316 e. The first-order chi connectivity index (χ1) is 29.2. The number of carbonyl (C=O) groups excluding carboxylic acids is 2. The highest BCUT2D eigenvalue weighted by Gasteiger charge is 2.45. The molecule has 11 heteroatoms. The summed E-state index contributed by atoms with van der Waals surface area (Å²) < 4.78 is 29.3. The van der Waals surface area contributed by atoms with E-state index in [2.05, 4.69) is 15.5 Å². The number of nitrogens with zero attached hydrogens (tertiary/aromatic N) is 1. The van der Waals surface area contributed by atoms with Crippen LogP contribution in [0.1, 0.15) is 82.9 Å². The minimum Gasteiger partial charge on any atom is -0.494 e. The van der Waals surface area contributed by atoms with Crippen molar-refractivity contribution in [3.63, 3.8) is 0 Å². The Morgan fingerprint density at radius 2 is 1.00 bits per heavy atom. The van der Waals surface area contributed by atoms with Crippen molar-refractivity contribution >= 4 is 17.9 Å². The van der Waals surface area contributed by atoms with Gasteiger partial charge in [0, 0.05) is 6.54 Å². The van der Waals surface area contributed by atoms with E-state index in [0.29, 0.717) is 38.4 Å². The fraction of sp³-hybridized carbons (Fsp3) is 0.460. The van der Waals surface area contributed by atoms with E-state index >= 15 is 0 Å². The molecule has 0 atom stereocenters. The van der Waals surface area contributed by atoms with Crippen LogP contribution in [0.5, 0.6) is 5.75 Å². The van der Waals surface area contributed by atoms with Crippen molar-refractivity contribution in [1.29, 1.82) is 0 Å². The molecule has 0 amide bonds. The van der Waals surface area contributed by atoms with Gasteiger partial charge in [-0.15, -0.1) is 0 Å². The van der Waals surface area contributed by atoms with E-state index in [0.717, 1.165) is 94.6 Å². The molecule has 0 saturated carbocycles. The standard InChI is InChI=1S/C23H28FNO3.C14H19NO2.C12H15NO2.CH4/c1-2-27-22(26)23(19-7-4-3-5-8-19)13-16-25(17-14-23)15-6-18-28-21-11-9-20(24)10-12-21;1-2-17-13(16)14(8-10-15-11-9-14)12-6-4-3-5-7-12;14-11(15)12(6-8-13-9-7-12)10-4-2-1-3-5-10;/h3-5,7-12H,2,6,13-18H2,1H3;3-7,15H,2,8-11H2,1H3;1-5,13H,6-9H2,(H,14,15);1H4. The summed E-state index contributed by atoms with van der Waals surface area (Å²) in [6.07, 6.45) is 5.38. The molecule has 0 unspecified atom stereocenters. The number of halogens is 1. The number of esters is 2. The molecule has 3 aliphatic rings. The van der Waals surface area contributed by atoms with Crippen LogP contribution in [0.15, 0.2) is 115 Å². The van der Waals surface area contributed by atoms with Crippen LogP contribution >= 0.6 is 0 Å². The summed E-state index contributed by atoms with van der Waals surface area (Å²) in [7, 11) is 0. The quantitative estimate of drug-likeness (QED) is 0.0899. The second-order valence-corrected chi connectivity index (χ2v) is 15.6. The van der Waals surface area contributed by atoms with Gasteiger partial charge in [-0.05, 0) is 139 Å². The molecule has 7 rings (SSSR count). The third-order valence-corrected chi connectivity index (χ3v) is 12.0. The topological polar surface area (TPSA) is 126 Å². The van der Waals surface area contributed by atoms with Crippen molar-refractivity contribution in [2.24, 2.45) is 0 Å². The van der Waals surface area contributed by atoms with Crippen molar-refractivity contribution in [3.8, 4) is 5.75 Å². The number of rotatable bonds is 13. The first-order valence-electron chi connectivity index (χ1n) is 21.5. The highest BCUT2D eigenvalue weighted by molar-refractivity contribution is 5.84. The van der Waals surface area contributed by atoms with Gasteiger partial charge in [0.1, 0.15) is 11.6 Å². The third kappa shape index (κ3) is 12.7. The number of likely N-dealkylation sites (tertiary alicyclic amines) is 1. The highest BCUT2D eigenvalue weighted by atomic mass is 19.1. The number of piperidine rings is 3. The van der Waals surface area contributed by atoms with Gasteiger partial charge in [0.15, 0.2) is 0 Å². The zero-order valence-electron chi connectivity index (χ0n) is 35.2. The summed E-state index contributed by atoms with van der Waals surface area (Å²) in [6, 6.07) is 35.6. The fourth-order valence-electron chi connectivity index (χ4n) is 8.53. The molecule has 10 nitrogen and oxygen atoms in total. The summed E-state index contributed by atoms with van der Waals surface area (Å²) in [5.41, 5.74) is 1.40. The number of carbonyl (C=O) groups is 3. The number of carboxylic acid groups (broad SMARTS) is 1. The van der Waals surface area contributed by atoms with Crippen molar-refractivity contribution in [1.82, 2.24) is 15.5 Å². The number of ether oxygens (including phenoxy) is 3. The van der Waals surface area contributed by atoms with Gasteiger partial charge in [-0.1, -0.05) is 98.4 Å². The summed E-state index contributed by atoms with van der Waals surface area (Å²) in [4.78, 5) is 38.9. The van der Waals surface area contributed by atoms with Crippen LogP contribution in [-0.2, 0) is 40.1 Å². The Kier molecular flexibility index (Phi) is 19.4. The molecular weight excluding hydrogens is 774 g/mol. The van der Waals surface area contributed by atoms with Crippen molar-refractivity contribution in [2.45, 2.75) is 82.5 Å². The van der Waals surface area contributed by atoms with Crippen LogP contribution in [0.4, 0.5) is 4.39 Å². The average molecular weight is 840 g/mol. The Morgan fingerprint density at radius 3 is 1.41 bits per heavy atom.